The maximum absolute atomic E-state index is 11.5. The fourth-order valence-electron chi connectivity index (χ4n) is 3.59. The highest BCUT2D eigenvalue weighted by atomic mass is 16.5. The first-order valence-electron chi connectivity index (χ1n) is 9.73. The highest BCUT2D eigenvalue weighted by molar-refractivity contribution is 5.75. The molecule has 0 spiro atoms. The number of ether oxygens (including phenoxy) is 1. The Kier molecular flexibility index (Phi) is 5.57. The first-order chi connectivity index (χ1) is 13.7. The van der Waals surface area contributed by atoms with Crippen molar-refractivity contribution in [1.29, 1.82) is 0 Å². The van der Waals surface area contributed by atoms with E-state index in [9.17, 15) is 4.79 Å². The molecule has 0 aliphatic carbocycles. The van der Waals surface area contributed by atoms with Crippen LogP contribution in [0.15, 0.2) is 36.5 Å². The third kappa shape index (κ3) is 4.17. The van der Waals surface area contributed by atoms with Gasteiger partial charge < -0.3 is 24.8 Å². The van der Waals surface area contributed by atoms with Crippen LogP contribution in [0, 0.1) is 0 Å². The van der Waals surface area contributed by atoms with Crippen molar-refractivity contribution in [3.63, 3.8) is 0 Å². The number of morpholine rings is 1. The van der Waals surface area contributed by atoms with E-state index in [2.05, 4.69) is 38.3 Å². The van der Waals surface area contributed by atoms with Gasteiger partial charge in [0.25, 0.3) is 0 Å². The Hall–Kier alpha value is -2.87. The summed E-state index contributed by atoms with van der Waals surface area (Å²) in [5.41, 5.74) is 2.18. The van der Waals surface area contributed by atoms with Gasteiger partial charge in [-0.3, -0.25) is 4.79 Å². The molecular weight excluding hydrogens is 356 g/mol. The van der Waals surface area contributed by atoms with E-state index >= 15 is 0 Å². The molecule has 2 aromatic rings. The van der Waals surface area contributed by atoms with Crippen LogP contribution in [-0.2, 0) is 9.53 Å². The van der Waals surface area contributed by atoms with Gasteiger partial charge in [-0.2, -0.15) is 4.98 Å². The summed E-state index contributed by atoms with van der Waals surface area (Å²) in [6, 6.07) is 10.1. The van der Waals surface area contributed by atoms with Crippen molar-refractivity contribution >= 4 is 29.0 Å². The topological polar surface area (TPSA) is 73.8 Å². The Bertz CT molecular complexity index is 816. The fourth-order valence-corrected chi connectivity index (χ4v) is 3.59. The van der Waals surface area contributed by atoms with Gasteiger partial charge in [0.15, 0.2) is 0 Å². The lowest BCUT2D eigenvalue weighted by Gasteiger charge is -2.34. The molecule has 1 N–H and O–H groups in total. The van der Waals surface area contributed by atoms with Gasteiger partial charge >= 0.3 is 0 Å². The third-order valence-electron chi connectivity index (χ3n) is 5.17. The molecule has 0 atom stereocenters. The molecule has 1 amide bonds. The fraction of sp³-hybridized carbons (Fsp3) is 0.450. The molecule has 0 unspecified atom stereocenters. The van der Waals surface area contributed by atoms with Crippen LogP contribution in [-0.4, -0.2) is 73.3 Å². The number of carbonyl (C=O) groups is 1. The molecule has 4 rings (SSSR count). The molecule has 8 heteroatoms. The van der Waals surface area contributed by atoms with Crippen LogP contribution in [0.3, 0.4) is 0 Å². The molecule has 28 heavy (non-hydrogen) atoms. The summed E-state index contributed by atoms with van der Waals surface area (Å²) in [6.45, 7) is 7.77. The number of nitrogens with one attached hydrogen (secondary N) is 1. The number of hydrogen-bond acceptors (Lipinski definition) is 7. The Labute approximate surface area is 165 Å². The quantitative estimate of drug-likeness (QED) is 0.863. The van der Waals surface area contributed by atoms with Crippen LogP contribution in [0.25, 0.3) is 0 Å². The number of rotatable bonds is 4. The maximum atomic E-state index is 11.5. The number of piperazine rings is 1. The molecule has 2 aliphatic rings. The largest absolute Gasteiger partial charge is 0.378 e. The second kappa shape index (κ2) is 8.43. The van der Waals surface area contributed by atoms with Gasteiger partial charge in [-0.05, 0) is 18.2 Å². The molecule has 8 nitrogen and oxygen atoms in total. The summed E-state index contributed by atoms with van der Waals surface area (Å²) < 4.78 is 5.47. The summed E-state index contributed by atoms with van der Waals surface area (Å²) in [7, 11) is 0. The molecular formula is C20H26N6O2. The number of hydrogen-bond donors (Lipinski definition) is 1. The van der Waals surface area contributed by atoms with E-state index in [1.165, 1.54) is 0 Å². The molecule has 2 saturated heterocycles. The van der Waals surface area contributed by atoms with Gasteiger partial charge in [0.05, 0.1) is 24.6 Å². The maximum Gasteiger partial charge on any atom is 0.227 e. The molecule has 0 bridgehead atoms. The third-order valence-corrected chi connectivity index (χ3v) is 5.17. The standard InChI is InChI=1S/C20H26N6O2/c1-16(27)24-8-10-26(11-9-24)20-21-7-6-19(23-20)22-17-4-2-3-5-18(17)25-12-14-28-15-13-25/h2-7H,8-15H2,1H3,(H,21,22,23). The second-order valence-electron chi connectivity index (χ2n) is 6.98. The van der Waals surface area contributed by atoms with Crippen LogP contribution in [0.4, 0.5) is 23.1 Å². The lowest BCUT2D eigenvalue weighted by Crippen LogP contribution is -2.48. The van der Waals surface area contributed by atoms with Crippen molar-refractivity contribution in [2.24, 2.45) is 0 Å². The zero-order valence-electron chi connectivity index (χ0n) is 16.2. The van der Waals surface area contributed by atoms with E-state index in [0.717, 1.165) is 56.6 Å². The number of amides is 1. The van der Waals surface area contributed by atoms with E-state index in [0.29, 0.717) is 19.0 Å². The smallest absolute Gasteiger partial charge is 0.227 e. The van der Waals surface area contributed by atoms with Crippen LogP contribution in [0.5, 0.6) is 0 Å². The first kappa shape index (κ1) is 18.5. The zero-order valence-corrected chi connectivity index (χ0v) is 16.2. The van der Waals surface area contributed by atoms with Gasteiger partial charge in [-0.25, -0.2) is 4.98 Å². The second-order valence-corrected chi connectivity index (χ2v) is 6.98. The van der Waals surface area contributed by atoms with Crippen molar-refractivity contribution in [2.45, 2.75) is 6.92 Å². The zero-order chi connectivity index (χ0) is 19.3. The number of anilines is 4. The Balaban J connectivity index is 1.48. The predicted molar refractivity (Wildman–Crippen MR) is 109 cm³/mol. The van der Waals surface area contributed by atoms with Crippen molar-refractivity contribution in [1.82, 2.24) is 14.9 Å². The number of para-hydroxylation sites is 2. The molecule has 2 fully saturated rings. The highest BCUT2D eigenvalue weighted by Gasteiger charge is 2.21. The number of benzene rings is 1. The summed E-state index contributed by atoms with van der Waals surface area (Å²) in [5, 5.41) is 3.45. The average Bonchev–Trinajstić information content (AvgIpc) is 2.75. The SMILES string of the molecule is CC(=O)N1CCN(c2nccc(Nc3ccccc3N3CCOCC3)n2)CC1. The average molecular weight is 382 g/mol. The number of nitrogens with zero attached hydrogens (tertiary/aromatic N) is 5. The summed E-state index contributed by atoms with van der Waals surface area (Å²) in [4.78, 5) is 27.0. The predicted octanol–water partition coefficient (Wildman–Crippen LogP) is 1.73. The molecule has 1 aromatic heterocycles. The summed E-state index contributed by atoms with van der Waals surface area (Å²) in [5.74, 6) is 1.58. The molecule has 0 saturated carbocycles. The Morgan fingerprint density at radius 1 is 1.00 bits per heavy atom. The van der Waals surface area contributed by atoms with Gasteiger partial charge in [0.2, 0.25) is 11.9 Å². The van der Waals surface area contributed by atoms with Gasteiger partial charge in [-0.15, -0.1) is 0 Å². The minimum absolute atomic E-state index is 0.121. The Morgan fingerprint density at radius 3 is 2.50 bits per heavy atom. The van der Waals surface area contributed by atoms with Crippen LogP contribution in [0.2, 0.25) is 0 Å². The first-order valence-corrected chi connectivity index (χ1v) is 9.73. The van der Waals surface area contributed by atoms with Crippen molar-refractivity contribution < 1.29 is 9.53 Å². The number of carbonyl (C=O) groups excluding carboxylic acids is 1. The van der Waals surface area contributed by atoms with E-state index in [1.54, 1.807) is 13.1 Å². The van der Waals surface area contributed by atoms with E-state index in [1.807, 2.05) is 17.0 Å². The summed E-state index contributed by atoms with van der Waals surface area (Å²) in [6.07, 6.45) is 1.78. The molecule has 3 heterocycles. The molecule has 0 radical (unpaired) electrons. The van der Waals surface area contributed by atoms with Crippen molar-refractivity contribution in [2.75, 3.05) is 67.6 Å². The minimum Gasteiger partial charge on any atom is -0.378 e. The Morgan fingerprint density at radius 2 is 1.75 bits per heavy atom. The van der Waals surface area contributed by atoms with Crippen molar-refractivity contribution in [3.8, 4) is 0 Å². The van der Waals surface area contributed by atoms with Gasteiger partial charge in [-0.1, -0.05) is 12.1 Å². The lowest BCUT2D eigenvalue weighted by atomic mass is 10.2. The van der Waals surface area contributed by atoms with Crippen LogP contribution < -0.4 is 15.1 Å². The molecule has 148 valence electrons. The minimum atomic E-state index is 0.121. The van der Waals surface area contributed by atoms with Crippen molar-refractivity contribution in [3.05, 3.63) is 36.5 Å². The summed E-state index contributed by atoms with van der Waals surface area (Å²) >= 11 is 0. The van der Waals surface area contributed by atoms with E-state index in [-0.39, 0.29) is 5.91 Å². The highest BCUT2D eigenvalue weighted by Crippen LogP contribution is 2.29. The monoisotopic (exact) mass is 382 g/mol. The van der Waals surface area contributed by atoms with Crippen LogP contribution in [0.1, 0.15) is 6.92 Å². The normalized spacial score (nSPS) is 17.5. The van der Waals surface area contributed by atoms with Gasteiger partial charge in [0.1, 0.15) is 5.82 Å². The number of aromatic nitrogens is 2. The van der Waals surface area contributed by atoms with Crippen LogP contribution >= 0.6 is 0 Å². The lowest BCUT2D eigenvalue weighted by molar-refractivity contribution is -0.129. The molecule has 1 aromatic carbocycles. The molecule has 2 aliphatic heterocycles. The van der Waals surface area contributed by atoms with Gasteiger partial charge in [0, 0.05) is 52.4 Å². The van der Waals surface area contributed by atoms with E-state index < -0.39 is 0 Å². The van der Waals surface area contributed by atoms with E-state index in [4.69, 9.17) is 9.72 Å².